The van der Waals surface area contributed by atoms with Gasteiger partial charge in [-0.2, -0.15) is 0 Å². The number of likely N-dealkylation sites (N-methyl/N-ethyl adjacent to an activating group) is 1. The molecule has 198 valence electrons. The molecule has 3 unspecified atom stereocenters. The molecule has 1 heterocycles. The Morgan fingerprint density at radius 1 is 1.11 bits per heavy atom. The Bertz CT molecular complexity index is 1370. The number of ketones is 3. The second-order valence-corrected chi connectivity index (χ2v) is 10.6. The zero-order valence-corrected chi connectivity index (χ0v) is 20.9. The van der Waals surface area contributed by atoms with Crippen molar-refractivity contribution in [3.8, 4) is 5.75 Å². The molecule has 0 aliphatic heterocycles. The van der Waals surface area contributed by atoms with Gasteiger partial charge < -0.3 is 26.0 Å². The van der Waals surface area contributed by atoms with Gasteiger partial charge in [-0.15, -0.1) is 0 Å². The number of carbonyl (C=O) groups excluding carboxylic acids is 4. The van der Waals surface area contributed by atoms with Crippen molar-refractivity contribution in [1.29, 1.82) is 0 Å². The van der Waals surface area contributed by atoms with E-state index in [1.165, 1.54) is 6.07 Å². The van der Waals surface area contributed by atoms with Crippen LogP contribution in [0.25, 0.3) is 12.2 Å². The summed E-state index contributed by atoms with van der Waals surface area (Å²) in [5, 5.41) is 33.2. The minimum absolute atomic E-state index is 0.0163. The molecular weight excluding hydrogens is 490 g/mol. The number of benzene rings is 1. The third-order valence-electron chi connectivity index (χ3n) is 8.37. The van der Waals surface area contributed by atoms with Gasteiger partial charge in [-0.3, -0.25) is 24.2 Å². The van der Waals surface area contributed by atoms with E-state index in [0.717, 1.165) is 5.56 Å². The Kier molecular flexibility index (Phi) is 6.29. The number of amides is 1. The number of pyridine rings is 1. The summed E-state index contributed by atoms with van der Waals surface area (Å²) in [7, 11) is 3.22. The minimum Gasteiger partial charge on any atom is -0.507 e. The normalized spacial score (nSPS) is 32.7. The number of hydrogen-bond acceptors (Lipinski definition) is 9. The predicted octanol–water partition coefficient (Wildman–Crippen LogP) is 0.224. The number of phenolic OH excluding ortho intramolecular Hbond substituents is 1. The average molecular weight is 520 g/mol. The third-order valence-corrected chi connectivity index (χ3v) is 8.37. The number of Topliss-reactive ketones (excluding diaryl/α,β-unsaturated/α-hetero) is 3. The predicted molar refractivity (Wildman–Crippen MR) is 136 cm³/mol. The van der Waals surface area contributed by atoms with Crippen molar-refractivity contribution in [3.05, 3.63) is 58.9 Å². The van der Waals surface area contributed by atoms with E-state index in [1.807, 2.05) is 24.3 Å². The first-order valence-electron chi connectivity index (χ1n) is 12.4. The van der Waals surface area contributed by atoms with Crippen LogP contribution >= 0.6 is 0 Å². The highest BCUT2D eigenvalue weighted by Crippen LogP contribution is 2.51. The van der Waals surface area contributed by atoms with E-state index in [-0.39, 0.29) is 24.2 Å². The highest BCUT2D eigenvalue weighted by Gasteiger charge is 2.69. The Morgan fingerprint density at radius 3 is 2.42 bits per heavy atom. The van der Waals surface area contributed by atoms with E-state index in [1.54, 1.807) is 37.5 Å². The van der Waals surface area contributed by atoms with Crippen molar-refractivity contribution < 1.29 is 34.5 Å². The summed E-state index contributed by atoms with van der Waals surface area (Å²) in [6, 6.07) is 5.76. The highest BCUT2D eigenvalue weighted by molar-refractivity contribution is 6.25. The van der Waals surface area contributed by atoms with Crippen LogP contribution in [0.1, 0.15) is 33.5 Å². The van der Waals surface area contributed by atoms with Crippen LogP contribution in [0.5, 0.6) is 5.75 Å². The fourth-order valence-electron chi connectivity index (χ4n) is 6.66. The molecule has 10 heteroatoms. The number of phenols is 1. The first-order valence-corrected chi connectivity index (χ1v) is 12.4. The van der Waals surface area contributed by atoms with Crippen molar-refractivity contribution in [2.24, 2.45) is 29.4 Å². The largest absolute Gasteiger partial charge is 0.507 e. The minimum atomic E-state index is -2.67. The van der Waals surface area contributed by atoms with E-state index >= 15 is 0 Å². The van der Waals surface area contributed by atoms with Gasteiger partial charge in [0.2, 0.25) is 5.91 Å². The zero-order valence-electron chi connectivity index (χ0n) is 20.9. The molecule has 2 fully saturated rings. The lowest BCUT2D eigenvalue weighted by Crippen LogP contribution is -2.75. The van der Waals surface area contributed by atoms with Gasteiger partial charge in [0.25, 0.3) is 0 Å². The summed E-state index contributed by atoms with van der Waals surface area (Å²) in [6.07, 6.45) is 5.74. The average Bonchev–Trinajstić information content (AvgIpc) is 2.86. The summed E-state index contributed by atoms with van der Waals surface area (Å²) >= 11 is 0. The molecule has 2 aromatic rings. The smallest absolute Gasteiger partial charge is 0.230 e. The second-order valence-electron chi connectivity index (χ2n) is 10.6. The lowest BCUT2D eigenvalue weighted by Gasteiger charge is -2.54. The molecule has 0 saturated heterocycles. The number of fused-ring (bicyclic) bond motifs is 3. The number of aliphatic hydroxyl groups is 2. The van der Waals surface area contributed by atoms with Crippen molar-refractivity contribution in [1.82, 2.24) is 9.88 Å². The van der Waals surface area contributed by atoms with E-state index in [2.05, 4.69) is 4.98 Å². The summed E-state index contributed by atoms with van der Waals surface area (Å²) in [6.45, 7) is 0. The molecule has 0 bridgehead atoms. The summed E-state index contributed by atoms with van der Waals surface area (Å²) < 4.78 is 0. The number of nitrogens with two attached hydrogens (primary N) is 1. The van der Waals surface area contributed by atoms with Crippen LogP contribution in [0.2, 0.25) is 0 Å². The maximum absolute atomic E-state index is 13.9. The molecule has 1 aromatic carbocycles. The maximum Gasteiger partial charge on any atom is 0.230 e. The van der Waals surface area contributed by atoms with Crippen LogP contribution in [0.4, 0.5) is 0 Å². The summed E-state index contributed by atoms with van der Waals surface area (Å²) in [5.74, 6) is -9.15. The molecule has 0 radical (unpaired) electrons. The number of aliphatic hydroxyl groups excluding tert-OH is 1. The van der Waals surface area contributed by atoms with Crippen molar-refractivity contribution >= 4 is 35.4 Å². The molecule has 10 nitrogen and oxygen atoms in total. The number of rotatable bonds is 4. The molecule has 3 aliphatic rings. The van der Waals surface area contributed by atoms with Crippen molar-refractivity contribution in [2.75, 3.05) is 14.1 Å². The zero-order chi connectivity index (χ0) is 27.5. The Hall–Kier alpha value is -3.73. The summed E-state index contributed by atoms with van der Waals surface area (Å²) in [5.41, 5.74) is 4.85. The first-order chi connectivity index (χ1) is 18.0. The number of aromatic hydroxyl groups is 1. The number of hydrogen-bond donors (Lipinski definition) is 4. The van der Waals surface area contributed by atoms with Crippen LogP contribution in [0, 0.1) is 23.7 Å². The quantitative estimate of drug-likeness (QED) is 0.413. The molecular formula is C28H29N3O7. The van der Waals surface area contributed by atoms with Crippen LogP contribution in [-0.2, 0) is 20.8 Å². The lowest BCUT2D eigenvalue weighted by molar-refractivity contribution is -0.190. The molecule has 2 saturated carbocycles. The van der Waals surface area contributed by atoms with E-state index in [0.29, 0.717) is 11.1 Å². The van der Waals surface area contributed by atoms with Gasteiger partial charge in [0.1, 0.15) is 11.7 Å². The van der Waals surface area contributed by atoms with Gasteiger partial charge >= 0.3 is 0 Å². The highest BCUT2D eigenvalue weighted by atomic mass is 16.3. The molecule has 5 N–H and O–H groups in total. The van der Waals surface area contributed by atoms with E-state index in [9.17, 15) is 34.5 Å². The SMILES string of the molecule is CN(C)[C@H]1C(O)C(C(N)=O)C(=O)[C@]2(O)C(=O)C3C(=O)c4c(O)ccc(C=Cc5ccncc5)c4C[C@@H]3C[C@H]12. The molecule has 1 aromatic heterocycles. The van der Waals surface area contributed by atoms with Gasteiger partial charge in [0.05, 0.1) is 17.6 Å². The Labute approximate surface area is 218 Å². The first kappa shape index (κ1) is 25.9. The number of aromatic nitrogens is 1. The monoisotopic (exact) mass is 519 g/mol. The second kappa shape index (κ2) is 9.23. The Morgan fingerprint density at radius 2 is 1.79 bits per heavy atom. The third kappa shape index (κ3) is 3.71. The fourth-order valence-corrected chi connectivity index (χ4v) is 6.66. The Balaban J connectivity index is 1.60. The molecule has 1 amide bonds. The standard InChI is InChI=1S/C28H29N3O7/c1-31(2)22-17-12-15-11-16-14(4-3-13-7-9-30-10-8-13)5-6-18(32)20(16)23(33)19(15)25(35)28(17,38)26(36)21(24(22)34)27(29)37/h3-10,15,17,19,21-22,24,32,34,38H,11-12H2,1-2H3,(H2,29,37)/t15-,17-,19?,21?,22-,24?,28-/m1/s1. The summed E-state index contributed by atoms with van der Waals surface area (Å²) in [4.78, 5) is 58.6. The molecule has 3 aliphatic carbocycles. The van der Waals surface area contributed by atoms with Crippen LogP contribution in [-0.4, -0.2) is 80.3 Å². The van der Waals surface area contributed by atoms with Gasteiger partial charge in [0, 0.05) is 24.4 Å². The van der Waals surface area contributed by atoms with Gasteiger partial charge in [-0.05, 0) is 67.7 Å². The van der Waals surface area contributed by atoms with E-state index < -0.39 is 64.7 Å². The number of nitrogens with zero attached hydrogens (tertiary/aromatic N) is 2. The lowest BCUT2D eigenvalue weighted by atomic mass is 9.52. The van der Waals surface area contributed by atoms with Crippen LogP contribution < -0.4 is 5.73 Å². The number of primary amides is 1. The molecule has 5 rings (SSSR count). The van der Waals surface area contributed by atoms with Gasteiger partial charge in [-0.25, -0.2) is 0 Å². The molecule has 0 spiro atoms. The topological polar surface area (TPSA) is 171 Å². The molecule has 7 atom stereocenters. The fraction of sp³-hybridized carbons (Fsp3) is 0.393. The van der Waals surface area contributed by atoms with E-state index in [4.69, 9.17) is 5.73 Å². The van der Waals surface area contributed by atoms with Crippen molar-refractivity contribution in [3.63, 3.8) is 0 Å². The van der Waals surface area contributed by atoms with Gasteiger partial charge in [0.15, 0.2) is 23.0 Å². The molecule has 38 heavy (non-hydrogen) atoms. The van der Waals surface area contributed by atoms with Crippen molar-refractivity contribution in [2.45, 2.75) is 30.6 Å². The maximum atomic E-state index is 13.9. The number of carbonyl (C=O) groups is 4. The van der Waals surface area contributed by atoms with Gasteiger partial charge in [-0.1, -0.05) is 18.2 Å². The van der Waals surface area contributed by atoms with Crippen LogP contribution in [0.15, 0.2) is 36.7 Å². The van der Waals surface area contributed by atoms with Crippen LogP contribution in [0.3, 0.4) is 0 Å².